The minimum Gasteiger partial charge on any atom is -0.309 e. The smallest absolute Gasteiger partial charge is 0.0973 e. The van der Waals surface area contributed by atoms with E-state index in [0.717, 1.165) is 62.0 Å². The van der Waals surface area contributed by atoms with Crippen LogP contribution in [-0.2, 0) is 5.41 Å². The maximum atomic E-state index is 5.13. The lowest BCUT2D eigenvalue weighted by atomic mass is 9.92. The summed E-state index contributed by atoms with van der Waals surface area (Å²) in [6, 6.07) is 57.4. The molecular weight excluding hydrogens is 635 g/mol. The van der Waals surface area contributed by atoms with Crippen LogP contribution < -0.4 is 4.90 Å². The van der Waals surface area contributed by atoms with Gasteiger partial charge in [-0.1, -0.05) is 112 Å². The largest absolute Gasteiger partial charge is 0.309 e. The van der Waals surface area contributed by atoms with Gasteiger partial charge in [-0.05, 0) is 72.8 Å². The van der Waals surface area contributed by atoms with Crippen molar-refractivity contribution in [2.24, 2.45) is 0 Å². The van der Waals surface area contributed by atoms with Gasteiger partial charge in [0.1, 0.15) is 0 Å². The molecule has 0 spiro atoms. The minimum atomic E-state index is -0.0493. The fraction of sp³-hybridized carbons (Fsp3) is 0.0851. The molecule has 5 nitrogen and oxygen atoms in total. The average molecular weight is 672 g/mol. The van der Waals surface area contributed by atoms with Crippen LogP contribution in [0.15, 0.2) is 170 Å². The zero-order valence-electron chi connectivity index (χ0n) is 29.4. The van der Waals surface area contributed by atoms with E-state index in [1.807, 2.05) is 48.7 Å². The Hall–Kier alpha value is -6.59. The number of hydrogen-bond acceptors (Lipinski definition) is 4. The van der Waals surface area contributed by atoms with Crippen LogP contribution in [0.2, 0.25) is 0 Å². The summed E-state index contributed by atoms with van der Waals surface area (Å²) in [5, 5.41) is 2.50. The lowest BCUT2D eigenvalue weighted by Gasteiger charge is -2.27. The number of hydrogen-bond donors (Lipinski definition) is 0. The van der Waals surface area contributed by atoms with Crippen LogP contribution in [0.25, 0.3) is 61.0 Å². The highest BCUT2D eigenvalue weighted by atomic mass is 15.1. The van der Waals surface area contributed by atoms with Gasteiger partial charge in [-0.2, -0.15) is 0 Å². The van der Waals surface area contributed by atoms with Crippen LogP contribution in [-0.4, -0.2) is 19.5 Å². The molecule has 0 fully saturated rings. The molecule has 9 aromatic rings. The Labute approximate surface area is 303 Å². The molecule has 0 atom stereocenters. The third-order valence-electron chi connectivity index (χ3n) is 9.74. The van der Waals surface area contributed by atoms with Crippen molar-refractivity contribution >= 4 is 49.9 Å². The molecule has 0 N–H and O–H groups in total. The van der Waals surface area contributed by atoms with Gasteiger partial charge in [0.05, 0.1) is 45.3 Å². The molecule has 5 heteroatoms. The average Bonchev–Trinajstić information content (AvgIpc) is 3.53. The van der Waals surface area contributed by atoms with Crippen molar-refractivity contribution in [3.05, 3.63) is 176 Å². The summed E-state index contributed by atoms with van der Waals surface area (Å²) < 4.78 is 2.35. The van der Waals surface area contributed by atoms with E-state index >= 15 is 0 Å². The second-order valence-electron chi connectivity index (χ2n) is 14.2. The maximum Gasteiger partial charge on any atom is 0.0973 e. The fourth-order valence-corrected chi connectivity index (χ4v) is 7.13. The Kier molecular flexibility index (Phi) is 7.62. The van der Waals surface area contributed by atoms with Gasteiger partial charge >= 0.3 is 0 Å². The number of pyridine rings is 1. The van der Waals surface area contributed by atoms with Gasteiger partial charge < -0.3 is 9.47 Å². The van der Waals surface area contributed by atoms with Crippen LogP contribution in [0.1, 0.15) is 26.5 Å². The highest BCUT2D eigenvalue weighted by Crippen LogP contribution is 2.39. The first-order chi connectivity index (χ1) is 25.4. The molecular formula is C47H37N5. The predicted octanol–water partition coefficient (Wildman–Crippen LogP) is 12.2. The summed E-state index contributed by atoms with van der Waals surface area (Å²) in [5.74, 6) is 0. The normalized spacial score (nSPS) is 11.8. The number of benzene rings is 6. The molecule has 0 radical (unpaired) electrons. The first-order valence-electron chi connectivity index (χ1n) is 17.7. The minimum absolute atomic E-state index is 0.0493. The van der Waals surface area contributed by atoms with Gasteiger partial charge in [0.25, 0.3) is 0 Å². The maximum absolute atomic E-state index is 5.13. The van der Waals surface area contributed by atoms with E-state index in [-0.39, 0.29) is 5.41 Å². The van der Waals surface area contributed by atoms with Crippen molar-refractivity contribution in [2.75, 3.05) is 4.90 Å². The Balaban J connectivity index is 1.15. The molecule has 6 aromatic carbocycles. The zero-order valence-corrected chi connectivity index (χ0v) is 29.4. The number of anilines is 3. The molecule has 0 unspecified atom stereocenters. The Morgan fingerprint density at radius 1 is 0.462 bits per heavy atom. The first-order valence-corrected chi connectivity index (χ1v) is 17.7. The second-order valence-corrected chi connectivity index (χ2v) is 14.2. The fourth-order valence-electron chi connectivity index (χ4n) is 7.13. The van der Waals surface area contributed by atoms with E-state index in [2.05, 4.69) is 152 Å². The second kappa shape index (κ2) is 12.6. The van der Waals surface area contributed by atoms with Crippen molar-refractivity contribution in [2.45, 2.75) is 26.2 Å². The summed E-state index contributed by atoms with van der Waals surface area (Å²) in [6.45, 7) is 6.58. The number of rotatable bonds is 6. The van der Waals surface area contributed by atoms with E-state index in [9.17, 15) is 0 Å². The Morgan fingerprint density at radius 2 is 0.942 bits per heavy atom. The first kappa shape index (κ1) is 31.4. The van der Waals surface area contributed by atoms with Gasteiger partial charge in [-0.25, -0.2) is 9.97 Å². The van der Waals surface area contributed by atoms with Gasteiger partial charge in [0, 0.05) is 50.1 Å². The number of nitrogens with zero attached hydrogens (tertiary/aromatic N) is 5. The van der Waals surface area contributed by atoms with E-state index in [4.69, 9.17) is 15.0 Å². The third kappa shape index (κ3) is 5.57. The predicted molar refractivity (Wildman–Crippen MR) is 216 cm³/mol. The van der Waals surface area contributed by atoms with Crippen molar-refractivity contribution < 1.29 is 0 Å². The van der Waals surface area contributed by atoms with E-state index in [0.29, 0.717) is 0 Å². The molecule has 0 aliphatic rings. The molecule has 0 aliphatic carbocycles. The van der Waals surface area contributed by atoms with Crippen LogP contribution in [0.3, 0.4) is 0 Å². The van der Waals surface area contributed by atoms with Gasteiger partial charge in [-0.15, -0.1) is 0 Å². The SMILES string of the molecule is CC(C)(C)c1ccc(N(c2ccc(-c3nc4ccccc4nc3-c3ccccc3)cc2)c2ccc(-n3c4ccccc4c4ccccc43)cc2)cn1. The number of para-hydroxylation sites is 4. The van der Waals surface area contributed by atoms with Crippen LogP contribution in [0.5, 0.6) is 0 Å². The van der Waals surface area contributed by atoms with Crippen molar-refractivity contribution in [3.8, 4) is 28.2 Å². The number of fused-ring (bicyclic) bond motifs is 4. The van der Waals surface area contributed by atoms with Crippen LogP contribution in [0.4, 0.5) is 17.1 Å². The van der Waals surface area contributed by atoms with E-state index < -0.39 is 0 Å². The lowest BCUT2D eigenvalue weighted by molar-refractivity contribution is 0.569. The molecule has 3 heterocycles. The van der Waals surface area contributed by atoms with Gasteiger partial charge in [0.15, 0.2) is 0 Å². The molecule has 0 saturated heterocycles. The molecule has 250 valence electrons. The summed E-state index contributed by atoms with van der Waals surface area (Å²) in [4.78, 5) is 17.4. The Bertz CT molecular complexity index is 2630. The molecule has 0 saturated carbocycles. The molecule has 0 aliphatic heterocycles. The molecule has 52 heavy (non-hydrogen) atoms. The Morgan fingerprint density at radius 3 is 1.48 bits per heavy atom. The van der Waals surface area contributed by atoms with E-state index in [1.165, 1.54) is 21.8 Å². The standard InChI is InChI=1S/C47H37N5/c1-47(2,3)44-30-29-37(31-48-44)51(35-25-27-36(28-26-35)52-42-19-11-7-15-38(42)39-16-8-12-20-43(39)52)34-23-21-33(22-24-34)46-45(32-13-5-4-6-14-32)49-40-17-9-10-18-41(40)50-46/h4-31H,1-3H3. The van der Waals surface area contributed by atoms with Gasteiger partial charge in [0.2, 0.25) is 0 Å². The van der Waals surface area contributed by atoms with Crippen molar-refractivity contribution in [1.29, 1.82) is 0 Å². The quantitative estimate of drug-likeness (QED) is 0.176. The summed E-state index contributed by atoms with van der Waals surface area (Å²) in [5.41, 5.74) is 13.1. The van der Waals surface area contributed by atoms with E-state index in [1.54, 1.807) is 0 Å². The van der Waals surface area contributed by atoms with Crippen molar-refractivity contribution in [3.63, 3.8) is 0 Å². The highest BCUT2D eigenvalue weighted by Gasteiger charge is 2.20. The molecule has 0 amide bonds. The van der Waals surface area contributed by atoms with Crippen molar-refractivity contribution in [1.82, 2.24) is 19.5 Å². The summed E-state index contributed by atoms with van der Waals surface area (Å²) in [7, 11) is 0. The molecule has 9 rings (SSSR count). The topological polar surface area (TPSA) is 46.8 Å². The van der Waals surface area contributed by atoms with Crippen LogP contribution in [0, 0.1) is 0 Å². The highest BCUT2D eigenvalue weighted by molar-refractivity contribution is 6.09. The number of aromatic nitrogens is 4. The lowest BCUT2D eigenvalue weighted by Crippen LogP contribution is -2.15. The molecule has 0 bridgehead atoms. The van der Waals surface area contributed by atoms with Crippen LogP contribution >= 0.6 is 0 Å². The molecule has 3 aromatic heterocycles. The summed E-state index contributed by atoms with van der Waals surface area (Å²) in [6.07, 6.45) is 1.98. The zero-order chi connectivity index (χ0) is 35.2. The van der Waals surface area contributed by atoms with Gasteiger partial charge in [-0.3, -0.25) is 4.98 Å². The summed E-state index contributed by atoms with van der Waals surface area (Å²) >= 11 is 0. The monoisotopic (exact) mass is 671 g/mol. The third-order valence-corrected chi connectivity index (χ3v) is 9.74.